The third kappa shape index (κ3) is 3.58. The third-order valence-electron chi connectivity index (χ3n) is 3.60. The lowest BCUT2D eigenvalue weighted by Crippen LogP contribution is -2.25. The molecule has 1 atom stereocenters. The Bertz CT molecular complexity index is 854. The lowest BCUT2D eigenvalue weighted by Gasteiger charge is -2.26. The van der Waals surface area contributed by atoms with Gasteiger partial charge in [0.05, 0.1) is 26.6 Å². The number of benzene rings is 1. The topological polar surface area (TPSA) is 128 Å². The highest BCUT2D eigenvalue weighted by Crippen LogP contribution is 2.41. The number of hydrogen-bond acceptors (Lipinski definition) is 7. The van der Waals surface area contributed by atoms with Crippen molar-refractivity contribution in [3.05, 3.63) is 60.2 Å². The monoisotopic (exact) mass is 455 g/mol. The van der Waals surface area contributed by atoms with Crippen molar-refractivity contribution in [2.45, 2.75) is 19.8 Å². The molecular weight excluding hydrogens is 441 g/mol. The van der Waals surface area contributed by atoms with Gasteiger partial charge in [0.1, 0.15) is 17.4 Å². The Labute approximate surface area is 157 Å². The van der Waals surface area contributed by atoms with Gasteiger partial charge in [-0.2, -0.15) is 5.26 Å². The van der Waals surface area contributed by atoms with Crippen molar-refractivity contribution in [3.63, 3.8) is 0 Å². The molecule has 1 aromatic rings. The molecule has 0 fully saturated rings. The maximum absolute atomic E-state index is 12.4. The largest absolute Gasteiger partial charge is 0.463 e. The minimum Gasteiger partial charge on any atom is -0.463 e. The number of carbonyl (C=O) groups excluding carboxylic acids is 1. The SMILES string of the molecule is CCOC(=O)C1=C(C)OC(N)=C(C#N)C1c1ccc(I)c([N+](=O)[O-])c1. The molecule has 1 aromatic carbocycles. The van der Waals surface area contributed by atoms with E-state index in [-0.39, 0.29) is 35.1 Å². The summed E-state index contributed by atoms with van der Waals surface area (Å²) in [6.07, 6.45) is 0. The van der Waals surface area contributed by atoms with Crippen molar-refractivity contribution in [1.29, 1.82) is 5.26 Å². The minimum absolute atomic E-state index is 0.00385. The van der Waals surface area contributed by atoms with Gasteiger partial charge < -0.3 is 15.2 Å². The van der Waals surface area contributed by atoms with Gasteiger partial charge in [0, 0.05) is 6.07 Å². The molecule has 0 amide bonds. The molecule has 1 heterocycles. The highest BCUT2D eigenvalue weighted by Gasteiger charge is 2.37. The van der Waals surface area contributed by atoms with Crippen LogP contribution in [0.15, 0.2) is 41.0 Å². The van der Waals surface area contributed by atoms with Gasteiger partial charge in [-0.25, -0.2) is 4.79 Å². The van der Waals surface area contributed by atoms with Gasteiger partial charge in [0.25, 0.3) is 5.69 Å². The Morgan fingerprint density at radius 3 is 2.80 bits per heavy atom. The first-order valence-electron chi connectivity index (χ1n) is 7.21. The molecule has 0 aromatic heterocycles. The number of nitrogens with two attached hydrogens (primary N) is 1. The molecule has 0 aliphatic carbocycles. The van der Waals surface area contributed by atoms with Crippen LogP contribution in [0.2, 0.25) is 0 Å². The second kappa shape index (κ2) is 7.52. The molecular formula is C16H14IN3O5. The quantitative estimate of drug-likeness (QED) is 0.320. The van der Waals surface area contributed by atoms with Crippen molar-refractivity contribution in [2.24, 2.45) is 5.73 Å². The van der Waals surface area contributed by atoms with Crippen molar-refractivity contribution < 1.29 is 19.2 Å². The average molecular weight is 455 g/mol. The fraction of sp³-hybridized carbons (Fsp3) is 0.250. The molecule has 0 bridgehead atoms. The first kappa shape index (κ1) is 18.7. The number of ether oxygens (including phenoxy) is 2. The van der Waals surface area contributed by atoms with Gasteiger partial charge in [0.2, 0.25) is 5.88 Å². The molecule has 0 saturated heterocycles. The van der Waals surface area contributed by atoms with Crippen LogP contribution in [0.4, 0.5) is 5.69 Å². The summed E-state index contributed by atoms with van der Waals surface area (Å²) in [5.41, 5.74) is 6.15. The first-order chi connectivity index (χ1) is 11.8. The van der Waals surface area contributed by atoms with Gasteiger partial charge in [-0.15, -0.1) is 0 Å². The third-order valence-corrected chi connectivity index (χ3v) is 4.51. The fourth-order valence-electron chi connectivity index (χ4n) is 2.54. The summed E-state index contributed by atoms with van der Waals surface area (Å²) in [7, 11) is 0. The highest BCUT2D eigenvalue weighted by atomic mass is 127. The van der Waals surface area contributed by atoms with E-state index < -0.39 is 16.8 Å². The van der Waals surface area contributed by atoms with Crippen LogP contribution >= 0.6 is 22.6 Å². The van der Waals surface area contributed by atoms with Crippen LogP contribution in [0.3, 0.4) is 0 Å². The molecule has 9 heteroatoms. The van der Waals surface area contributed by atoms with E-state index in [0.717, 1.165) is 0 Å². The zero-order chi connectivity index (χ0) is 18.7. The average Bonchev–Trinajstić information content (AvgIpc) is 2.54. The van der Waals surface area contributed by atoms with E-state index in [9.17, 15) is 20.2 Å². The van der Waals surface area contributed by atoms with Crippen molar-refractivity contribution in [3.8, 4) is 6.07 Å². The Kier molecular flexibility index (Phi) is 5.63. The van der Waals surface area contributed by atoms with E-state index in [1.165, 1.54) is 13.0 Å². The number of carbonyl (C=O) groups is 1. The molecule has 8 nitrogen and oxygen atoms in total. The van der Waals surface area contributed by atoms with E-state index in [1.807, 2.05) is 28.7 Å². The fourth-order valence-corrected chi connectivity index (χ4v) is 3.07. The Balaban J connectivity index is 2.69. The standard InChI is InChI=1S/C16H14IN3O5/c1-3-24-16(21)13-8(2)25-15(19)10(7-18)14(13)9-4-5-11(17)12(6-9)20(22)23/h4-6,14H,3,19H2,1-2H3. The highest BCUT2D eigenvalue weighted by molar-refractivity contribution is 14.1. The first-order valence-corrected chi connectivity index (χ1v) is 8.29. The van der Waals surface area contributed by atoms with E-state index in [4.69, 9.17) is 15.2 Å². The summed E-state index contributed by atoms with van der Waals surface area (Å²) in [6, 6.07) is 6.42. The maximum Gasteiger partial charge on any atom is 0.338 e. The summed E-state index contributed by atoms with van der Waals surface area (Å²) >= 11 is 1.85. The molecule has 0 saturated carbocycles. The number of nitrogens with zero attached hydrogens (tertiary/aromatic N) is 2. The molecule has 0 spiro atoms. The summed E-state index contributed by atoms with van der Waals surface area (Å²) in [5, 5.41) is 20.7. The molecule has 25 heavy (non-hydrogen) atoms. The Hall–Kier alpha value is -2.61. The molecule has 1 aliphatic rings. The molecule has 130 valence electrons. The summed E-state index contributed by atoms with van der Waals surface area (Å²) in [4.78, 5) is 23.1. The van der Waals surface area contributed by atoms with Crippen LogP contribution in [0.25, 0.3) is 0 Å². The van der Waals surface area contributed by atoms with E-state index in [1.54, 1.807) is 19.1 Å². The number of nitro benzene ring substituents is 1. The second-order valence-corrected chi connectivity index (χ2v) is 6.25. The molecule has 2 rings (SSSR count). The molecule has 1 aliphatic heterocycles. The molecule has 1 unspecified atom stereocenters. The van der Waals surface area contributed by atoms with Crippen LogP contribution < -0.4 is 5.73 Å². The van der Waals surface area contributed by atoms with Crippen molar-refractivity contribution in [2.75, 3.05) is 6.61 Å². The van der Waals surface area contributed by atoms with Crippen LogP contribution in [0, 0.1) is 25.0 Å². The predicted octanol–water partition coefficient (Wildman–Crippen LogP) is 2.84. The summed E-state index contributed by atoms with van der Waals surface area (Å²) < 4.78 is 10.8. The number of rotatable bonds is 4. The van der Waals surface area contributed by atoms with Gasteiger partial charge in [-0.1, -0.05) is 6.07 Å². The van der Waals surface area contributed by atoms with Crippen molar-refractivity contribution in [1.82, 2.24) is 0 Å². The molecule has 0 radical (unpaired) electrons. The van der Waals surface area contributed by atoms with Gasteiger partial charge in [-0.05, 0) is 48.1 Å². The van der Waals surface area contributed by atoms with Crippen LogP contribution in [-0.4, -0.2) is 17.5 Å². The number of nitriles is 1. The van der Waals surface area contributed by atoms with Crippen LogP contribution in [-0.2, 0) is 14.3 Å². The van der Waals surface area contributed by atoms with Crippen molar-refractivity contribution >= 4 is 34.2 Å². The zero-order valence-corrected chi connectivity index (χ0v) is 15.6. The van der Waals surface area contributed by atoms with Gasteiger partial charge in [-0.3, -0.25) is 10.1 Å². The van der Waals surface area contributed by atoms with Gasteiger partial charge in [0.15, 0.2) is 0 Å². The second-order valence-electron chi connectivity index (χ2n) is 5.08. The normalized spacial score (nSPS) is 17.0. The number of hydrogen-bond donors (Lipinski definition) is 1. The molecule has 2 N–H and O–H groups in total. The Morgan fingerprint density at radius 1 is 1.56 bits per heavy atom. The lowest BCUT2D eigenvalue weighted by atomic mass is 9.83. The summed E-state index contributed by atoms with van der Waals surface area (Å²) in [6.45, 7) is 3.31. The zero-order valence-electron chi connectivity index (χ0n) is 13.4. The smallest absolute Gasteiger partial charge is 0.338 e. The maximum atomic E-state index is 12.4. The lowest BCUT2D eigenvalue weighted by molar-refractivity contribution is -0.385. The number of esters is 1. The minimum atomic E-state index is -0.895. The van der Waals surface area contributed by atoms with Crippen LogP contribution in [0.1, 0.15) is 25.3 Å². The number of nitro groups is 1. The predicted molar refractivity (Wildman–Crippen MR) is 95.8 cm³/mol. The van der Waals surface area contributed by atoms with E-state index in [0.29, 0.717) is 9.13 Å². The Morgan fingerprint density at radius 2 is 2.24 bits per heavy atom. The van der Waals surface area contributed by atoms with Crippen LogP contribution in [0.5, 0.6) is 0 Å². The number of halogens is 1. The van der Waals surface area contributed by atoms with E-state index >= 15 is 0 Å². The summed E-state index contributed by atoms with van der Waals surface area (Å²) in [5.74, 6) is -1.50. The van der Waals surface area contributed by atoms with E-state index in [2.05, 4.69) is 0 Å². The van der Waals surface area contributed by atoms with Gasteiger partial charge >= 0.3 is 5.97 Å². The number of allylic oxidation sites excluding steroid dienone is 2.